The van der Waals surface area contributed by atoms with Gasteiger partial charge in [-0.05, 0) is 35.1 Å². The molecule has 1 aromatic carbocycles. The predicted octanol–water partition coefficient (Wildman–Crippen LogP) is 2.77. The minimum atomic E-state index is 1.01. The first kappa shape index (κ1) is 14.0. The maximum absolute atomic E-state index is 4.18. The molecule has 0 unspecified atom stereocenters. The van der Waals surface area contributed by atoms with E-state index in [9.17, 15) is 0 Å². The molecule has 3 nitrogen and oxygen atoms in total. The maximum Gasteiger partial charge on any atom is 0.0726 e. The van der Waals surface area contributed by atoms with Gasteiger partial charge in [-0.15, -0.1) is 0 Å². The number of rotatable bonds is 3. The first-order chi connectivity index (χ1) is 10.8. The quantitative estimate of drug-likeness (QED) is 0.805. The van der Waals surface area contributed by atoms with Gasteiger partial charge in [-0.25, -0.2) is 0 Å². The summed E-state index contributed by atoms with van der Waals surface area (Å²) < 4.78 is 0. The number of benzene rings is 1. The molecule has 0 aliphatic rings. The molecular formula is C19H17N3. The van der Waals surface area contributed by atoms with Gasteiger partial charge in [0.1, 0.15) is 0 Å². The highest BCUT2D eigenvalue weighted by Gasteiger charge is 2.08. The van der Waals surface area contributed by atoms with Crippen LogP contribution in [0.15, 0.2) is 61.1 Å². The second kappa shape index (κ2) is 6.22. The van der Waals surface area contributed by atoms with Crippen molar-refractivity contribution in [2.45, 2.75) is 6.92 Å². The van der Waals surface area contributed by atoms with Gasteiger partial charge in [0.25, 0.3) is 0 Å². The summed E-state index contributed by atoms with van der Waals surface area (Å²) in [5.41, 5.74) is 4.31. The molecule has 22 heavy (non-hydrogen) atoms. The van der Waals surface area contributed by atoms with Crippen molar-refractivity contribution in [3.05, 3.63) is 77.1 Å². The van der Waals surface area contributed by atoms with Gasteiger partial charge in [0.15, 0.2) is 0 Å². The SMILES string of the molecule is C=c1cccc/c1=C/C=C(\C)c1cn[nH]c1-c1ccncc1. The summed E-state index contributed by atoms with van der Waals surface area (Å²) in [5, 5.41) is 9.39. The Kier molecular flexibility index (Phi) is 3.97. The molecule has 108 valence electrons. The van der Waals surface area contributed by atoms with Crippen LogP contribution < -0.4 is 10.4 Å². The molecule has 0 atom stereocenters. The van der Waals surface area contributed by atoms with Crippen molar-refractivity contribution in [3.63, 3.8) is 0 Å². The van der Waals surface area contributed by atoms with Gasteiger partial charge in [-0.1, -0.05) is 43.0 Å². The standard InChI is InChI=1S/C19H17N3/c1-14-5-3-4-6-16(14)8-7-15(2)18-13-21-22-19(18)17-9-11-20-12-10-17/h3-13H,1H2,2H3,(H,21,22)/b15-7+,16-8-. The van der Waals surface area contributed by atoms with Crippen LogP contribution in [-0.2, 0) is 0 Å². The molecule has 3 heteroatoms. The Bertz CT molecular complexity index is 905. The van der Waals surface area contributed by atoms with Crippen LogP contribution >= 0.6 is 0 Å². The smallest absolute Gasteiger partial charge is 0.0726 e. The minimum Gasteiger partial charge on any atom is -0.277 e. The fourth-order valence-corrected chi connectivity index (χ4v) is 2.33. The van der Waals surface area contributed by atoms with E-state index in [4.69, 9.17) is 0 Å². The monoisotopic (exact) mass is 287 g/mol. The van der Waals surface area contributed by atoms with E-state index in [1.54, 1.807) is 12.4 Å². The third kappa shape index (κ3) is 2.88. The molecule has 0 radical (unpaired) electrons. The Morgan fingerprint density at radius 3 is 2.68 bits per heavy atom. The lowest BCUT2D eigenvalue weighted by Gasteiger charge is -2.02. The second-order valence-electron chi connectivity index (χ2n) is 5.11. The molecule has 2 aromatic heterocycles. The molecule has 0 aliphatic heterocycles. The van der Waals surface area contributed by atoms with Crippen LogP contribution in [-0.4, -0.2) is 15.2 Å². The highest BCUT2D eigenvalue weighted by atomic mass is 15.1. The normalized spacial score (nSPS) is 12.6. The van der Waals surface area contributed by atoms with Crippen LogP contribution in [0.25, 0.3) is 29.5 Å². The van der Waals surface area contributed by atoms with Crippen molar-refractivity contribution in [2.75, 3.05) is 0 Å². The zero-order valence-corrected chi connectivity index (χ0v) is 12.5. The van der Waals surface area contributed by atoms with Crippen LogP contribution in [0, 0.1) is 0 Å². The third-order valence-corrected chi connectivity index (χ3v) is 3.60. The molecule has 2 heterocycles. The van der Waals surface area contributed by atoms with E-state index in [-0.39, 0.29) is 0 Å². The Morgan fingerprint density at radius 1 is 1.14 bits per heavy atom. The number of aromatic amines is 1. The summed E-state index contributed by atoms with van der Waals surface area (Å²) in [6.45, 7) is 6.12. The number of nitrogens with one attached hydrogen (secondary N) is 1. The molecule has 0 bridgehead atoms. The minimum absolute atomic E-state index is 1.01. The molecular weight excluding hydrogens is 270 g/mol. The second-order valence-corrected chi connectivity index (χ2v) is 5.11. The average Bonchev–Trinajstić information content (AvgIpc) is 3.04. The number of hydrogen-bond acceptors (Lipinski definition) is 2. The molecule has 0 fully saturated rings. The maximum atomic E-state index is 4.18. The third-order valence-electron chi connectivity index (χ3n) is 3.60. The highest BCUT2D eigenvalue weighted by molar-refractivity contribution is 5.79. The lowest BCUT2D eigenvalue weighted by molar-refractivity contribution is 1.09. The molecule has 0 aliphatic carbocycles. The van der Waals surface area contributed by atoms with Crippen LogP contribution in [0.1, 0.15) is 12.5 Å². The highest BCUT2D eigenvalue weighted by Crippen LogP contribution is 2.25. The lowest BCUT2D eigenvalue weighted by Crippen LogP contribution is -2.21. The van der Waals surface area contributed by atoms with E-state index in [2.05, 4.69) is 46.9 Å². The Morgan fingerprint density at radius 2 is 1.91 bits per heavy atom. The van der Waals surface area contributed by atoms with Gasteiger partial charge in [0, 0.05) is 23.5 Å². The number of aromatic nitrogens is 3. The van der Waals surface area contributed by atoms with Crippen molar-refractivity contribution in [3.8, 4) is 11.3 Å². The van der Waals surface area contributed by atoms with E-state index in [0.29, 0.717) is 0 Å². The summed E-state index contributed by atoms with van der Waals surface area (Å²) in [4.78, 5) is 4.05. The molecule has 3 rings (SSSR count). The zero-order chi connectivity index (χ0) is 15.4. The van der Waals surface area contributed by atoms with Crippen LogP contribution in [0.2, 0.25) is 0 Å². The summed E-state index contributed by atoms with van der Waals surface area (Å²) >= 11 is 0. The van der Waals surface area contributed by atoms with Gasteiger partial charge in [0.05, 0.1) is 11.9 Å². The molecule has 0 amide bonds. The van der Waals surface area contributed by atoms with E-state index >= 15 is 0 Å². The van der Waals surface area contributed by atoms with Gasteiger partial charge in [-0.3, -0.25) is 10.1 Å². The van der Waals surface area contributed by atoms with E-state index in [1.807, 2.05) is 36.5 Å². The van der Waals surface area contributed by atoms with Crippen molar-refractivity contribution < 1.29 is 0 Å². The number of hydrogen-bond donors (Lipinski definition) is 1. The first-order valence-electron chi connectivity index (χ1n) is 7.12. The topological polar surface area (TPSA) is 41.6 Å². The predicted molar refractivity (Wildman–Crippen MR) is 91.1 cm³/mol. The summed E-state index contributed by atoms with van der Waals surface area (Å²) in [7, 11) is 0. The van der Waals surface area contributed by atoms with Gasteiger partial charge < -0.3 is 0 Å². The summed E-state index contributed by atoms with van der Waals surface area (Å²) in [6, 6.07) is 12.0. The molecule has 0 spiro atoms. The van der Waals surface area contributed by atoms with Gasteiger partial charge in [-0.2, -0.15) is 5.10 Å². The molecule has 1 N–H and O–H groups in total. The summed E-state index contributed by atoms with van der Waals surface area (Å²) in [6.07, 6.45) is 9.60. The first-order valence-corrected chi connectivity index (χ1v) is 7.12. The van der Waals surface area contributed by atoms with Crippen LogP contribution in [0.5, 0.6) is 0 Å². The van der Waals surface area contributed by atoms with Crippen molar-refractivity contribution in [2.24, 2.45) is 0 Å². The Hall–Kier alpha value is -2.94. The number of pyridine rings is 1. The summed E-state index contributed by atoms with van der Waals surface area (Å²) in [5.74, 6) is 0. The Labute approximate surface area is 129 Å². The van der Waals surface area contributed by atoms with Gasteiger partial charge in [0.2, 0.25) is 0 Å². The van der Waals surface area contributed by atoms with Crippen molar-refractivity contribution >= 4 is 18.2 Å². The van der Waals surface area contributed by atoms with Crippen LogP contribution in [0.3, 0.4) is 0 Å². The molecule has 3 aromatic rings. The lowest BCUT2D eigenvalue weighted by atomic mass is 10.0. The van der Waals surface area contributed by atoms with Crippen molar-refractivity contribution in [1.29, 1.82) is 0 Å². The largest absolute Gasteiger partial charge is 0.277 e. The number of allylic oxidation sites excluding steroid dienone is 2. The van der Waals surface area contributed by atoms with E-state index in [0.717, 1.165) is 32.8 Å². The van der Waals surface area contributed by atoms with E-state index in [1.165, 1.54) is 0 Å². The van der Waals surface area contributed by atoms with E-state index < -0.39 is 0 Å². The average molecular weight is 287 g/mol. The Balaban J connectivity index is 2.01. The zero-order valence-electron chi connectivity index (χ0n) is 12.5. The molecule has 0 saturated heterocycles. The number of H-pyrrole nitrogens is 1. The van der Waals surface area contributed by atoms with Crippen molar-refractivity contribution in [1.82, 2.24) is 15.2 Å². The fourth-order valence-electron chi connectivity index (χ4n) is 2.33. The fraction of sp³-hybridized carbons (Fsp3) is 0.0526. The molecule has 0 saturated carbocycles. The number of nitrogens with zero attached hydrogens (tertiary/aromatic N) is 2. The van der Waals surface area contributed by atoms with Crippen LogP contribution in [0.4, 0.5) is 0 Å². The van der Waals surface area contributed by atoms with Gasteiger partial charge >= 0.3 is 0 Å².